The summed E-state index contributed by atoms with van der Waals surface area (Å²) < 4.78 is 0. The summed E-state index contributed by atoms with van der Waals surface area (Å²) in [5.41, 5.74) is 0. The van der Waals surface area contributed by atoms with E-state index in [-0.39, 0.29) is 17.1 Å². The summed E-state index contributed by atoms with van der Waals surface area (Å²) in [6.45, 7) is 0. The van der Waals surface area contributed by atoms with Crippen LogP contribution in [0.2, 0.25) is 10.0 Å². The molecule has 2 aromatic rings. The van der Waals surface area contributed by atoms with Gasteiger partial charge in [0.15, 0.2) is 0 Å². The average Bonchev–Trinajstić information content (AvgIpc) is 3.11. The normalized spacial score (nSPS) is 10.6. The summed E-state index contributed by atoms with van der Waals surface area (Å²) >= 11 is 11.1. The van der Waals surface area contributed by atoms with Crippen LogP contribution >= 0.6 is 23.2 Å². The maximum atomic E-state index is 5.55. The zero-order valence-corrected chi connectivity index (χ0v) is 12.9. The van der Waals surface area contributed by atoms with Gasteiger partial charge in [0.05, 0.1) is 0 Å². The Morgan fingerprint density at radius 2 is 1.21 bits per heavy atom. The zero-order chi connectivity index (χ0) is 13.1. The predicted molar refractivity (Wildman–Crippen MR) is 81.4 cm³/mol. The molecule has 0 saturated carbocycles. The van der Waals surface area contributed by atoms with E-state index in [9.17, 15) is 0 Å². The maximum absolute atomic E-state index is 5.55. The Labute approximate surface area is 135 Å². The minimum Gasteiger partial charge on any atom is -0.214 e. The van der Waals surface area contributed by atoms with Crippen molar-refractivity contribution in [3.05, 3.63) is 88.9 Å². The third kappa shape index (κ3) is 10.7. The minimum absolute atomic E-state index is 0. The molecule has 1 aliphatic rings. The molecule has 0 fully saturated rings. The van der Waals surface area contributed by atoms with Gasteiger partial charge in [0.1, 0.15) is 0 Å². The fourth-order valence-corrected chi connectivity index (χ4v) is 1.40. The van der Waals surface area contributed by atoms with E-state index < -0.39 is 0 Å². The molecule has 0 radical (unpaired) electrons. The molecule has 0 unspecified atom stereocenters. The van der Waals surface area contributed by atoms with E-state index in [2.05, 4.69) is 24.3 Å². The average molecular weight is 334 g/mol. The second kappa shape index (κ2) is 12.2. The molecule has 0 aliphatic heterocycles. The predicted octanol–water partition coefficient (Wildman–Crippen LogP) is 5.90. The first-order valence-electron chi connectivity index (χ1n) is 5.68. The first-order chi connectivity index (χ1) is 8.79. The Morgan fingerprint density at radius 3 is 1.42 bits per heavy atom. The number of rotatable bonds is 0. The molecule has 2 aromatic carbocycles. The van der Waals surface area contributed by atoms with Gasteiger partial charge in [-0.1, -0.05) is 47.5 Å². The molecule has 100 valence electrons. The second-order valence-electron chi connectivity index (χ2n) is 3.49. The third-order valence-electron chi connectivity index (χ3n) is 2.01. The molecule has 0 aromatic heterocycles. The number of hydrogen-bond donors (Lipinski definition) is 0. The van der Waals surface area contributed by atoms with Gasteiger partial charge in [-0.25, -0.2) is 12.1 Å². The van der Waals surface area contributed by atoms with Gasteiger partial charge in [-0.2, -0.15) is 18.2 Å². The van der Waals surface area contributed by atoms with E-state index in [0.717, 1.165) is 16.5 Å². The van der Waals surface area contributed by atoms with Gasteiger partial charge in [-0.15, -0.1) is 0 Å². The molecule has 3 heteroatoms. The van der Waals surface area contributed by atoms with Gasteiger partial charge in [-0.05, 0) is 30.7 Å². The Bertz CT molecular complexity index is 408. The fraction of sp³-hybridized carbons (Fsp3) is 0.0625. The monoisotopic (exact) mass is 333 g/mol. The molecule has 0 atom stereocenters. The van der Waals surface area contributed by atoms with Gasteiger partial charge >= 0.3 is 17.1 Å². The molecular weight excluding hydrogens is 319 g/mol. The van der Waals surface area contributed by atoms with Crippen molar-refractivity contribution in [1.29, 1.82) is 0 Å². The summed E-state index contributed by atoms with van der Waals surface area (Å²) in [4.78, 5) is 0. The summed E-state index contributed by atoms with van der Waals surface area (Å²) in [7, 11) is 0. The van der Waals surface area contributed by atoms with Gasteiger partial charge in [0.25, 0.3) is 0 Å². The Morgan fingerprint density at radius 1 is 0.789 bits per heavy atom. The molecule has 0 N–H and O–H groups in total. The Kier molecular flexibility index (Phi) is 11.7. The second-order valence-corrected chi connectivity index (χ2v) is 4.36. The standard InChI is InChI=1S/C6H4Cl2.C5H6.C5H5.Fe/c7-5-1-2-6(8)4-3-5;2*1-2-4-5-3-1;/h1-4H;1-4H,5H2;1-5H;/q;;-1;+2. The summed E-state index contributed by atoms with van der Waals surface area (Å²) in [5.74, 6) is 0. The third-order valence-corrected chi connectivity index (χ3v) is 2.52. The van der Waals surface area contributed by atoms with E-state index in [1.54, 1.807) is 24.3 Å². The minimum atomic E-state index is 0. The maximum Gasteiger partial charge on any atom is 2.00 e. The first kappa shape index (κ1) is 18.1. The van der Waals surface area contributed by atoms with E-state index in [0.29, 0.717) is 0 Å². The van der Waals surface area contributed by atoms with E-state index >= 15 is 0 Å². The van der Waals surface area contributed by atoms with Gasteiger partial charge in [0.2, 0.25) is 0 Å². The van der Waals surface area contributed by atoms with Crippen LogP contribution < -0.4 is 0 Å². The smallest absolute Gasteiger partial charge is 0.214 e. The SMILES string of the molecule is C1=CCC=C1.Clc1ccc(Cl)cc1.[Fe+2].c1cc[cH-]c1. The first-order valence-corrected chi connectivity index (χ1v) is 6.44. The van der Waals surface area contributed by atoms with Crippen molar-refractivity contribution >= 4 is 23.2 Å². The topological polar surface area (TPSA) is 0 Å². The van der Waals surface area contributed by atoms with Crippen molar-refractivity contribution in [2.45, 2.75) is 6.42 Å². The molecule has 0 heterocycles. The molecule has 0 nitrogen and oxygen atoms in total. The molecule has 1 aliphatic carbocycles. The summed E-state index contributed by atoms with van der Waals surface area (Å²) in [6, 6.07) is 17.0. The Hall–Kier alpha value is -0.851. The fourth-order valence-electron chi connectivity index (χ4n) is 1.14. The van der Waals surface area contributed by atoms with E-state index in [1.807, 2.05) is 30.3 Å². The van der Waals surface area contributed by atoms with Crippen LogP contribution in [0.5, 0.6) is 0 Å². The number of halogens is 2. The molecular formula is C16H15Cl2Fe+. The van der Waals surface area contributed by atoms with Crippen molar-refractivity contribution in [1.82, 2.24) is 0 Å². The van der Waals surface area contributed by atoms with Crippen LogP contribution in [0.25, 0.3) is 0 Å². The number of hydrogen-bond acceptors (Lipinski definition) is 0. The van der Waals surface area contributed by atoms with Crippen LogP contribution in [0.3, 0.4) is 0 Å². The van der Waals surface area contributed by atoms with Crippen molar-refractivity contribution in [3.8, 4) is 0 Å². The number of benzene rings is 1. The quantitative estimate of drug-likeness (QED) is 0.416. The molecule has 0 saturated heterocycles. The molecule has 3 rings (SSSR count). The van der Waals surface area contributed by atoms with Crippen molar-refractivity contribution < 1.29 is 17.1 Å². The largest absolute Gasteiger partial charge is 2.00 e. The Balaban J connectivity index is 0.000000259. The summed E-state index contributed by atoms with van der Waals surface area (Å²) in [6.07, 6.45) is 9.50. The summed E-state index contributed by atoms with van der Waals surface area (Å²) in [5, 5.41) is 1.43. The van der Waals surface area contributed by atoms with Crippen molar-refractivity contribution in [2.24, 2.45) is 0 Å². The van der Waals surface area contributed by atoms with Gasteiger partial charge in [-0.3, -0.25) is 0 Å². The zero-order valence-electron chi connectivity index (χ0n) is 10.3. The van der Waals surface area contributed by atoms with E-state index in [4.69, 9.17) is 23.2 Å². The number of allylic oxidation sites excluding steroid dienone is 4. The van der Waals surface area contributed by atoms with Crippen LogP contribution in [0, 0.1) is 0 Å². The van der Waals surface area contributed by atoms with Crippen LogP contribution in [-0.2, 0) is 17.1 Å². The van der Waals surface area contributed by atoms with E-state index in [1.165, 1.54) is 0 Å². The van der Waals surface area contributed by atoms with Gasteiger partial charge in [0, 0.05) is 10.0 Å². The van der Waals surface area contributed by atoms with Crippen LogP contribution in [-0.4, -0.2) is 0 Å². The molecule has 0 bridgehead atoms. The van der Waals surface area contributed by atoms with Gasteiger partial charge < -0.3 is 0 Å². The van der Waals surface area contributed by atoms with Crippen LogP contribution in [0.15, 0.2) is 78.9 Å². The molecule has 0 spiro atoms. The van der Waals surface area contributed by atoms with Crippen LogP contribution in [0.4, 0.5) is 0 Å². The van der Waals surface area contributed by atoms with Crippen LogP contribution in [0.1, 0.15) is 6.42 Å². The van der Waals surface area contributed by atoms with Crippen molar-refractivity contribution in [3.63, 3.8) is 0 Å². The van der Waals surface area contributed by atoms with Crippen molar-refractivity contribution in [2.75, 3.05) is 0 Å². The molecule has 0 amide bonds. The molecule has 19 heavy (non-hydrogen) atoms.